The summed E-state index contributed by atoms with van der Waals surface area (Å²) in [6, 6.07) is 13.1. The molecule has 0 aliphatic carbocycles. The van der Waals surface area contributed by atoms with E-state index >= 15 is 0 Å². The highest BCUT2D eigenvalue weighted by atomic mass is 32.2. The van der Waals surface area contributed by atoms with Gasteiger partial charge in [0, 0.05) is 18.7 Å². The van der Waals surface area contributed by atoms with Crippen molar-refractivity contribution in [3.8, 4) is 5.75 Å². The highest BCUT2D eigenvalue weighted by Gasteiger charge is 2.23. The van der Waals surface area contributed by atoms with Gasteiger partial charge in [-0.2, -0.15) is 4.31 Å². The van der Waals surface area contributed by atoms with E-state index in [0.29, 0.717) is 30.1 Å². The van der Waals surface area contributed by atoms with Crippen LogP contribution < -0.4 is 10.1 Å². The highest BCUT2D eigenvalue weighted by Crippen LogP contribution is 2.24. The van der Waals surface area contributed by atoms with Gasteiger partial charge >= 0.3 is 0 Å². The lowest BCUT2D eigenvalue weighted by atomic mass is 10.2. The van der Waals surface area contributed by atoms with Gasteiger partial charge in [-0.15, -0.1) is 0 Å². The number of nitrogens with one attached hydrogen (secondary N) is 1. The summed E-state index contributed by atoms with van der Waals surface area (Å²) in [7, 11) is -2.03. The topological polar surface area (TPSA) is 75.7 Å². The van der Waals surface area contributed by atoms with Gasteiger partial charge in [0.25, 0.3) is 5.91 Å². The lowest BCUT2D eigenvalue weighted by Crippen LogP contribution is -2.32. The maximum atomic E-state index is 12.8. The van der Waals surface area contributed by atoms with Crippen molar-refractivity contribution in [3.63, 3.8) is 0 Å². The Morgan fingerprint density at radius 1 is 1.00 bits per heavy atom. The number of hydrogen-bond acceptors (Lipinski definition) is 4. The molecule has 7 heteroatoms. The molecule has 27 heavy (non-hydrogen) atoms. The molecule has 0 fully saturated rings. The van der Waals surface area contributed by atoms with Crippen molar-refractivity contribution in [2.75, 3.05) is 25.5 Å². The fraction of sp³-hybridized carbons (Fsp3) is 0.350. The number of para-hydroxylation sites is 2. The van der Waals surface area contributed by atoms with E-state index in [2.05, 4.69) is 5.32 Å². The fourth-order valence-electron chi connectivity index (χ4n) is 2.72. The first-order chi connectivity index (χ1) is 12.9. The van der Waals surface area contributed by atoms with E-state index in [9.17, 15) is 13.2 Å². The van der Waals surface area contributed by atoms with Gasteiger partial charge in [-0.1, -0.05) is 26.0 Å². The molecule has 0 unspecified atom stereocenters. The maximum Gasteiger partial charge on any atom is 0.255 e. The number of benzene rings is 2. The van der Waals surface area contributed by atoms with Gasteiger partial charge in [-0.05, 0) is 49.2 Å². The highest BCUT2D eigenvalue weighted by molar-refractivity contribution is 7.89. The number of methoxy groups -OCH3 is 1. The third-order valence-corrected chi connectivity index (χ3v) is 5.97. The number of carbonyl (C=O) groups is 1. The molecule has 2 aromatic rings. The third-order valence-electron chi connectivity index (χ3n) is 4.06. The summed E-state index contributed by atoms with van der Waals surface area (Å²) in [5, 5.41) is 2.78. The Bertz CT molecular complexity index is 858. The van der Waals surface area contributed by atoms with Crippen LogP contribution in [-0.2, 0) is 10.0 Å². The van der Waals surface area contributed by atoms with E-state index in [0.717, 1.165) is 12.8 Å². The summed E-state index contributed by atoms with van der Waals surface area (Å²) in [5.74, 6) is 0.224. The molecule has 1 N–H and O–H groups in total. The van der Waals surface area contributed by atoms with Crippen LogP contribution in [0.2, 0.25) is 0 Å². The first kappa shape index (κ1) is 20.9. The summed E-state index contributed by atoms with van der Waals surface area (Å²) in [5.41, 5.74) is 0.927. The van der Waals surface area contributed by atoms with Crippen LogP contribution in [0.5, 0.6) is 5.75 Å². The van der Waals surface area contributed by atoms with Crippen LogP contribution in [-0.4, -0.2) is 38.8 Å². The van der Waals surface area contributed by atoms with E-state index < -0.39 is 10.0 Å². The number of rotatable bonds is 9. The summed E-state index contributed by atoms with van der Waals surface area (Å²) in [6.07, 6.45) is 1.50. The summed E-state index contributed by atoms with van der Waals surface area (Å²) < 4.78 is 32.3. The number of ether oxygens (including phenoxy) is 1. The molecule has 2 rings (SSSR count). The quantitative estimate of drug-likeness (QED) is 0.707. The molecular formula is C20H26N2O4S. The second-order valence-corrected chi connectivity index (χ2v) is 8.02. The average molecular weight is 391 g/mol. The zero-order chi connectivity index (χ0) is 19.9. The minimum Gasteiger partial charge on any atom is -0.495 e. The summed E-state index contributed by atoms with van der Waals surface area (Å²) in [6.45, 7) is 4.85. The van der Waals surface area contributed by atoms with Crippen molar-refractivity contribution >= 4 is 21.6 Å². The van der Waals surface area contributed by atoms with Crippen LogP contribution in [0.15, 0.2) is 53.4 Å². The van der Waals surface area contributed by atoms with Crippen LogP contribution >= 0.6 is 0 Å². The standard InChI is InChI=1S/C20H26N2O4S/c1-4-14-22(15-5-2)27(24,25)17-12-10-16(11-13-17)20(23)21-18-8-6-7-9-19(18)26-3/h6-13H,4-5,14-15H2,1-3H3,(H,21,23). The smallest absolute Gasteiger partial charge is 0.255 e. The molecule has 2 aromatic carbocycles. The zero-order valence-corrected chi connectivity index (χ0v) is 16.8. The van der Waals surface area contributed by atoms with E-state index in [4.69, 9.17) is 4.74 Å². The van der Waals surface area contributed by atoms with Crippen molar-refractivity contribution in [1.82, 2.24) is 4.31 Å². The van der Waals surface area contributed by atoms with Crippen molar-refractivity contribution in [1.29, 1.82) is 0 Å². The Morgan fingerprint density at radius 2 is 1.59 bits per heavy atom. The van der Waals surface area contributed by atoms with E-state index in [1.54, 1.807) is 18.2 Å². The Morgan fingerprint density at radius 3 is 2.15 bits per heavy atom. The SMILES string of the molecule is CCCN(CCC)S(=O)(=O)c1ccc(C(=O)Nc2ccccc2OC)cc1. The predicted octanol–water partition coefficient (Wildman–Crippen LogP) is 3.76. The Labute approximate surface area is 161 Å². The molecule has 0 aromatic heterocycles. The number of nitrogens with zero attached hydrogens (tertiary/aromatic N) is 1. The maximum absolute atomic E-state index is 12.8. The molecule has 0 saturated carbocycles. The Balaban J connectivity index is 2.19. The fourth-order valence-corrected chi connectivity index (χ4v) is 4.34. The van der Waals surface area contributed by atoms with Crippen molar-refractivity contribution < 1.29 is 17.9 Å². The van der Waals surface area contributed by atoms with Gasteiger partial charge in [0.2, 0.25) is 10.0 Å². The van der Waals surface area contributed by atoms with E-state index in [1.807, 2.05) is 19.9 Å². The average Bonchev–Trinajstić information content (AvgIpc) is 2.68. The summed E-state index contributed by atoms with van der Waals surface area (Å²) in [4.78, 5) is 12.6. The molecule has 146 valence electrons. The first-order valence-corrected chi connectivity index (χ1v) is 10.4. The zero-order valence-electron chi connectivity index (χ0n) is 15.9. The number of sulfonamides is 1. The monoisotopic (exact) mass is 390 g/mol. The van der Waals surface area contributed by atoms with Crippen molar-refractivity contribution in [2.24, 2.45) is 0 Å². The molecule has 0 aliphatic heterocycles. The lowest BCUT2D eigenvalue weighted by Gasteiger charge is -2.21. The van der Waals surface area contributed by atoms with Gasteiger partial charge in [0.1, 0.15) is 5.75 Å². The summed E-state index contributed by atoms with van der Waals surface area (Å²) >= 11 is 0. The van der Waals surface area contributed by atoms with E-state index in [-0.39, 0.29) is 10.8 Å². The van der Waals surface area contributed by atoms with Crippen LogP contribution in [0.4, 0.5) is 5.69 Å². The van der Waals surface area contributed by atoms with E-state index in [1.165, 1.54) is 35.7 Å². The minimum atomic E-state index is -3.56. The van der Waals surface area contributed by atoms with Gasteiger partial charge < -0.3 is 10.1 Å². The third kappa shape index (κ3) is 5.08. The normalized spacial score (nSPS) is 11.4. The van der Waals surface area contributed by atoms with Crippen LogP contribution in [0.1, 0.15) is 37.0 Å². The second-order valence-electron chi connectivity index (χ2n) is 6.08. The van der Waals surface area contributed by atoms with Gasteiger partial charge in [-0.25, -0.2) is 8.42 Å². The molecule has 0 bridgehead atoms. The number of anilines is 1. The molecule has 0 radical (unpaired) electrons. The van der Waals surface area contributed by atoms with Crippen LogP contribution in [0, 0.1) is 0 Å². The van der Waals surface area contributed by atoms with Crippen molar-refractivity contribution in [3.05, 3.63) is 54.1 Å². The molecule has 1 amide bonds. The van der Waals surface area contributed by atoms with Crippen LogP contribution in [0.25, 0.3) is 0 Å². The minimum absolute atomic E-state index is 0.193. The molecule has 0 aliphatic rings. The molecule has 0 heterocycles. The number of carbonyl (C=O) groups excluding carboxylic acids is 1. The molecule has 6 nitrogen and oxygen atoms in total. The Kier molecular flexibility index (Phi) is 7.38. The molecule has 0 saturated heterocycles. The molecule has 0 atom stereocenters. The number of amides is 1. The largest absolute Gasteiger partial charge is 0.495 e. The van der Waals surface area contributed by atoms with Crippen LogP contribution in [0.3, 0.4) is 0 Å². The second kappa shape index (κ2) is 9.53. The molecule has 0 spiro atoms. The molecular weight excluding hydrogens is 364 g/mol. The first-order valence-electron chi connectivity index (χ1n) is 8.98. The predicted molar refractivity (Wildman–Crippen MR) is 107 cm³/mol. The van der Waals surface area contributed by atoms with Gasteiger partial charge in [0.15, 0.2) is 0 Å². The van der Waals surface area contributed by atoms with Gasteiger partial charge in [0.05, 0.1) is 17.7 Å². The van der Waals surface area contributed by atoms with Crippen molar-refractivity contribution in [2.45, 2.75) is 31.6 Å². The lowest BCUT2D eigenvalue weighted by molar-refractivity contribution is 0.102. The number of hydrogen-bond donors (Lipinski definition) is 1. The van der Waals surface area contributed by atoms with Gasteiger partial charge in [-0.3, -0.25) is 4.79 Å². The Hall–Kier alpha value is -2.38.